The molecule has 0 bridgehead atoms. The van der Waals surface area contributed by atoms with Crippen LogP contribution in [-0.4, -0.2) is 12.2 Å². The van der Waals surface area contributed by atoms with Gasteiger partial charge in [-0.2, -0.15) is 0 Å². The molecular weight excluding hydrogens is 164 g/mol. The number of aliphatic hydroxyl groups excluding tert-OH is 1. The Morgan fingerprint density at radius 1 is 1.36 bits per heavy atom. The summed E-state index contributed by atoms with van der Waals surface area (Å²) in [6.07, 6.45) is 0. The van der Waals surface area contributed by atoms with Gasteiger partial charge in [0.05, 0.1) is 13.7 Å². The summed E-state index contributed by atoms with van der Waals surface area (Å²) in [5, 5.41) is 8.77. The zero-order valence-electron chi connectivity index (χ0n) is 6.28. The van der Waals surface area contributed by atoms with Crippen molar-refractivity contribution in [2.45, 2.75) is 6.61 Å². The van der Waals surface area contributed by atoms with Crippen LogP contribution in [0.25, 0.3) is 0 Å². The van der Waals surface area contributed by atoms with E-state index >= 15 is 0 Å². The first kappa shape index (κ1) is 10.3. The molecule has 0 aromatic heterocycles. The summed E-state index contributed by atoms with van der Waals surface area (Å²) in [4.78, 5) is 0. The zero-order chi connectivity index (χ0) is 7.40. The SMILES string of the molecule is COc1ccccc1CO.Cl. The van der Waals surface area contributed by atoms with E-state index in [1.165, 1.54) is 0 Å². The highest BCUT2D eigenvalue weighted by Crippen LogP contribution is 2.16. The number of hydrogen-bond acceptors (Lipinski definition) is 2. The van der Waals surface area contributed by atoms with Crippen LogP contribution in [0.3, 0.4) is 0 Å². The van der Waals surface area contributed by atoms with Crippen molar-refractivity contribution in [1.82, 2.24) is 0 Å². The maximum Gasteiger partial charge on any atom is 0.124 e. The predicted octanol–water partition coefficient (Wildman–Crippen LogP) is 1.61. The highest BCUT2D eigenvalue weighted by atomic mass is 35.5. The maximum absolute atomic E-state index is 8.77. The lowest BCUT2D eigenvalue weighted by Crippen LogP contribution is -1.89. The first-order chi connectivity index (χ1) is 4.88. The smallest absolute Gasteiger partial charge is 0.124 e. The number of rotatable bonds is 2. The van der Waals surface area contributed by atoms with Crippen molar-refractivity contribution < 1.29 is 9.84 Å². The van der Waals surface area contributed by atoms with Crippen molar-refractivity contribution in [3.63, 3.8) is 0 Å². The molecule has 2 nitrogen and oxygen atoms in total. The van der Waals surface area contributed by atoms with Gasteiger partial charge in [0.15, 0.2) is 0 Å². The van der Waals surface area contributed by atoms with E-state index in [0.717, 1.165) is 11.3 Å². The molecule has 0 aliphatic heterocycles. The highest BCUT2D eigenvalue weighted by molar-refractivity contribution is 5.85. The Labute approximate surface area is 72.2 Å². The molecule has 0 saturated carbocycles. The van der Waals surface area contributed by atoms with Crippen LogP contribution in [-0.2, 0) is 6.61 Å². The normalized spacial score (nSPS) is 8.55. The van der Waals surface area contributed by atoms with E-state index in [9.17, 15) is 0 Å². The second kappa shape index (κ2) is 4.99. The van der Waals surface area contributed by atoms with E-state index < -0.39 is 0 Å². The third-order valence-electron chi connectivity index (χ3n) is 1.36. The number of hydrogen-bond donors (Lipinski definition) is 1. The van der Waals surface area contributed by atoms with Gasteiger partial charge in [-0.15, -0.1) is 12.4 Å². The summed E-state index contributed by atoms with van der Waals surface area (Å²) in [5.74, 6) is 0.741. The van der Waals surface area contributed by atoms with E-state index in [0.29, 0.717) is 0 Å². The van der Waals surface area contributed by atoms with Gasteiger partial charge in [-0.1, -0.05) is 18.2 Å². The van der Waals surface area contributed by atoms with Gasteiger partial charge in [0.25, 0.3) is 0 Å². The van der Waals surface area contributed by atoms with Gasteiger partial charge < -0.3 is 9.84 Å². The Bertz CT molecular complexity index is 190. The van der Waals surface area contributed by atoms with Gasteiger partial charge in [-0.25, -0.2) is 0 Å². The molecule has 11 heavy (non-hydrogen) atoms. The molecule has 0 aliphatic carbocycles. The number of benzene rings is 1. The molecule has 3 heteroatoms. The molecule has 0 saturated heterocycles. The lowest BCUT2D eigenvalue weighted by atomic mass is 10.2. The molecule has 0 spiro atoms. The molecule has 1 aromatic rings. The van der Waals surface area contributed by atoms with Crippen molar-refractivity contribution in [3.8, 4) is 5.75 Å². The fraction of sp³-hybridized carbons (Fsp3) is 0.250. The average molecular weight is 175 g/mol. The number of halogens is 1. The molecule has 1 aromatic carbocycles. The van der Waals surface area contributed by atoms with Crippen molar-refractivity contribution in [2.75, 3.05) is 7.11 Å². The van der Waals surface area contributed by atoms with Crippen LogP contribution < -0.4 is 4.74 Å². The van der Waals surface area contributed by atoms with Crippen molar-refractivity contribution in [2.24, 2.45) is 0 Å². The summed E-state index contributed by atoms with van der Waals surface area (Å²) in [7, 11) is 1.59. The molecule has 0 unspecified atom stereocenters. The summed E-state index contributed by atoms with van der Waals surface area (Å²) in [5.41, 5.74) is 0.824. The van der Waals surface area contributed by atoms with Crippen LogP contribution in [0.2, 0.25) is 0 Å². The fourth-order valence-corrected chi connectivity index (χ4v) is 0.834. The average Bonchev–Trinajstić information content (AvgIpc) is 2.04. The lowest BCUT2D eigenvalue weighted by Gasteiger charge is -2.03. The zero-order valence-corrected chi connectivity index (χ0v) is 7.10. The molecule has 62 valence electrons. The molecule has 0 amide bonds. The molecule has 0 fully saturated rings. The maximum atomic E-state index is 8.77. The van der Waals surface area contributed by atoms with E-state index in [-0.39, 0.29) is 19.0 Å². The van der Waals surface area contributed by atoms with Crippen molar-refractivity contribution >= 4 is 12.4 Å². The number of para-hydroxylation sites is 1. The van der Waals surface area contributed by atoms with Gasteiger partial charge in [0.2, 0.25) is 0 Å². The van der Waals surface area contributed by atoms with Crippen LogP contribution in [0.4, 0.5) is 0 Å². The van der Waals surface area contributed by atoms with E-state index in [4.69, 9.17) is 9.84 Å². The molecule has 1 N–H and O–H groups in total. The third kappa shape index (κ3) is 2.41. The van der Waals surface area contributed by atoms with Crippen LogP contribution in [0.5, 0.6) is 5.75 Å². The van der Waals surface area contributed by atoms with Gasteiger partial charge in [0.1, 0.15) is 5.75 Å². The molecule has 0 aliphatic rings. The lowest BCUT2D eigenvalue weighted by molar-refractivity contribution is 0.274. The first-order valence-corrected chi connectivity index (χ1v) is 3.11. The van der Waals surface area contributed by atoms with Gasteiger partial charge >= 0.3 is 0 Å². The minimum atomic E-state index is 0. The summed E-state index contributed by atoms with van der Waals surface area (Å²) >= 11 is 0. The topological polar surface area (TPSA) is 29.5 Å². The second-order valence-electron chi connectivity index (χ2n) is 1.97. The molecule has 0 atom stereocenters. The predicted molar refractivity (Wildman–Crippen MR) is 46.2 cm³/mol. The number of aliphatic hydroxyl groups is 1. The van der Waals surface area contributed by atoms with Crippen LogP contribution in [0.1, 0.15) is 5.56 Å². The molecular formula is C8H11ClO2. The quantitative estimate of drug-likeness (QED) is 0.738. The minimum Gasteiger partial charge on any atom is -0.496 e. The van der Waals surface area contributed by atoms with Gasteiger partial charge in [-0.3, -0.25) is 0 Å². The Kier molecular flexibility index (Phi) is 4.66. The van der Waals surface area contributed by atoms with Crippen LogP contribution in [0, 0.1) is 0 Å². The summed E-state index contributed by atoms with van der Waals surface area (Å²) in [6.45, 7) is 0.0318. The fourth-order valence-electron chi connectivity index (χ4n) is 0.834. The molecule has 0 radical (unpaired) electrons. The third-order valence-corrected chi connectivity index (χ3v) is 1.36. The van der Waals surface area contributed by atoms with Crippen LogP contribution >= 0.6 is 12.4 Å². The van der Waals surface area contributed by atoms with Crippen molar-refractivity contribution in [1.29, 1.82) is 0 Å². The van der Waals surface area contributed by atoms with Crippen LogP contribution in [0.15, 0.2) is 24.3 Å². The highest BCUT2D eigenvalue weighted by Gasteiger charge is 1.96. The Balaban J connectivity index is 0.000001000. The number of ether oxygens (including phenoxy) is 1. The number of methoxy groups -OCH3 is 1. The minimum absolute atomic E-state index is 0. The van der Waals surface area contributed by atoms with E-state index in [1.807, 2.05) is 24.3 Å². The second-order valence-corrected chi connectivity index (χ2v) is 1.97. The monoisotopic (exact) mass is 174 g/mol. The van der Waals surface area contributed by atoms with Gasteiger partial charge in [-0.05, 0) is 6.07 Å². The summed E-state index contributed by atoms with van der Waals surface area (Å²) in [6, 6.07) is 7.40. The van der Waals surface area contributed by atoms with E-state index in [1.54, 1.807) is 7.11 Å². The first-order valence-electron chi connectivity index (χ1n) is 3.11. The van der Waals surface area contributed by atoms with Crippen molar-refractivity contribution in [3.05, 3.63) is 29.8 Å². The largest absolute Gasteiger partial charge is 0.496 e. The Morgan fingerprint density at radius 3 is 2.45 bits per heavy atom. The Morgan fingerprint density at radius 2 is 2.00 bits per heavy atom. The molecule has 0 heterocycles. The Hall–Kier alpha value is -0.730. The molecule has 1 rings (SSSR count). The standard InChI is InChI=1S/C8H10O2.ClH/c1-10-8-5-3-2-4-7(8)6-9;/h2-5,9H,6H2,1H3;1H. The van der Waals surface area contributed by atoms with E-state index in [2.05, 4.69) is 0 Å². The summed E-state index contributed by atoms with van der Waals surface area (Å²) < 4.78 is 4.98. The van der Waals surface area contributed by atoms with Gasteiger partial charge in [0, 0.05) is 5.56 Å².